The molecule has 0 aliphatic rings. The lowest BCUT2D eigenvalue weighted by molar-refractivity contribution is 0.568. The van der Waals surface area contributed by atoms with E-state index < -0.39 is 0 Å². The minimum absolute atomic E-state index is 0.185. The molecule has 0 N–H and O–H groups in total. The van der Waals surface area contributed by atoms with Crippen molar-refractivity contribution in [2.75, 3.05) is 0 Å². The number of rotatable bonds is 2. The van der Waals surface area contributed by atoms with Crippen LogP contribution in [0.15, 0.2) is 47.3 Å². The van der Waals surface area contributed by atoms with Crippen molar-refractivity contribution in [3.63, 3.8) is 0 Å². The van der Waals surface area contributed by atoms with Gasteiger partial charge in [-0.15, -0.1) is 10.2 Å². The van der Waals surface area contributed by atoms with Gasteiger partial charge in [-0.1, -0.05) is 29.8 Å². The lowest BCUT2D eigenvalue weighted by atomic mass is 10.0. The predicted octanol–water partition coefficient (Wildman–Crippen LogP) is 3.59. The van der Waals surface area contributed by atoms with Crippen LogP contribution in [0.5, 0.6) is 0 Å². The van der Waals surface area contributed by atoms with Gasteiger partial charge in [0.2, 0.25) is 6.39 Å². The molecule has 0 aliphatic heterocycles. The third-order valence-electron chi connectivity index (χ3n) is 2.64. The zero-order chi connectivity index (χ0) is 13.2. The minimum atomic E-state index is -0.356. The Morgan fingerprint density at radius 3 is 2.68 bits per heavy atom. The van der Waals surface area contributed by atoms with Crippen LogP contribution >= 0.6 is 11.6 Å². The van der Waals surface area contributed by atoms with Gasteiger partial charge in [-0.3, -0.25) is 0 Å². The van der Waals surface area contributed by atoms with Gasteiger partial charge in [0.05, 0.1) is 5.56 Å². The maximum absolute atomic E-state index is 13.9. The zero-order valence-electron chi connectivity index (χ0n) is 9.55. The first kappa shape index (κ1) is 11.8. The fourth-order valence-corrected chi connectivity index (χ4v) is 2.06. The summed E-state index contributed by atoms with van der Waals surface area (Å²) in [4.78, 5) is 3.97. The van der Waals surface area contributed by atoms with Crippen LogP contribution in [-0.2, 0) is 0 Å². The fraction of sp³-hybridized carbons (Fsp3) is 0. The summed E-state index contributed by atoms with van der Waals surface area (Å²) in [7, 11) is 0. The number of hydrogen-bond donors (Lipinski definition) is 0. The van der Waals surface area contributed by atoms with Crippen LogP contribution < -0.4 is 0 Å². The number of aromatic nitrogens is 3. The molecule has 4 nitrogen and oxygen atoms in total. The van der Waals surface area contributed by atoms with Crippen molar-refractivity contribution in [3.8, 4) is 22.6 Å². The molecule has 94 valence electrons. The molecule has 0 unspecified atom stereocenters. The molecule has 3 aromatic rings. The standard InChI is InChI=1S/C13H7ClFN3O/c14-12-11(13-18-17-7-19-13)9(5-6-16-12)8-3-1-2-4-10(8)15/h1-7H. The SMILES string of the molecule is Fc1ccccc1-c1ccnc(Cl)c1-c1nnco1. The van der Waals surface area contributed by atoms with Crippen molar-refractivity contribution in [2.24, 2.45) is 0 Å². The summed E-state index contributed by atoms with van der Waals surface area (Å²) in [5.41, 5.74) is 1.38. The van der Waals surface area contributed by atoms with Crippen LogP contribution in [0.4, 0.5) is 4.39 Å². The third-order valence-corrected chi connectivity index (χ3v) is 2.93. The molecule has 0 aliphatic carbocycles. The lowest BCUT2D eigenvalue weighted by Gasteiger charge is -2.08. The van der Waals surface area contributed by atoms with E-state index in [2.05, 4.69) is 15.2 Å². The van der Waals surface area contributed by atoms with E-state index >= 15 is 0 Å². The van der Waals surface area contributed by atoms with Crippen LogP contribution in [0.25, 0.3) is 22.6 Å². The highest BCUT2D eigenvalue weighted by atomic mass is 35.5. The van der Waals surface area contributed by atoms with Gasteiger partial charge in [0.25, 0.3) is 5.89 Å². The van der Waals surface area contributed by atoms with E-state index in [1.807, 2.05) is 0 Å². The van der Waals surface area contributed by atoms with Gasteiger partial charge in [-0.2, -0.15) is 0 Å². The van der Waals surface area contributed by atoms with Gasteiger partial charge >= 0.3 is 0 Å². The first-order valence-corrected chi connectivity index (χ1v) is 5.81. The summed E-state index contributed by atoms with van der Waals surface area (Å²) >= 11 is 6.06. The van der Waals surface area contributed by atoms with Gasteiger partial charge < -0.3 is 4.42 Å². The Kier molecular flexibility index (Phi) is 2.97. The Hall–Kier alpha value is -2.27. The summed E-state index contributed by atoms with van der Waals surface area (Å²) in [6, 6.07) is 8.05. The summed E-state index contributed by atoms with van der Waals surface area (Å²) < 4.78 is 19.0. The second-order valence-corrected chi connectivity index (χ2v) is 4.11. The molecule has 0 fully saturated rings. The predicted molar refractivity (Wildman–Crippen MR) is 67.9 cm³/mol. The molecule has 1 aromatic carbocycles. The van der Waals surface area contributed by atoms with E-state index in [1.54, 1.807) is 24.3 Å². The normalized spacial score (nSPS) is 10.6. The Bertz CT molecular complexity index is 716. The Morgan fingerprint density at radius 2 is 1.95 bits per heavy atom. The van der Waals surface area contributed by atoms with Crippen molar-refractivity contribution >= 4 is 11.6 Å². The Labute approximate surface area is 112 Å². The number of pyridine rings is 1. The van der Waals surface area contributed by atoms with Gasteiger partial charge in [0.1, 0.15) is 11.0 Å². The highest BCUT2D eigenvalue weighted by molar-refractivity contribution is 6.32. The number of halogens is 2. The minimum Gasteiger partial charge on any atom is -0.423 e. The van der Waals surface area contributed by atoms with Crippen LogP contribution in [0.3, 0.4) is 0 Å². The van der Waals surface area contributed by atoms with Crippen molar-refractivity contribution in [2.45, 2.75) is 0 Å². The maximum Gasteiger partial charge on any atom is 0.251 e. The smallest absolute Gasteiger partial charge is 0.251 e. The maximum atomic E-state index is 13.9. The molecule has 0 bridgehead atoms. The van der Waals surface area contributed by atoms with E-state index in [-0.39, 0.29) is 16.9 Å². The van der Waals surface area contributed by atoms with E-state index in [1.165, 1.54) is 18.7 Å². The molecule has 0 atom stereocenters. The Balaban J connectivity index is 2.29. The van der Waals surface area contributed by atoms with E-state index in [9.17, 15) is 4.39 Å². The molecule has 3 rings (SSSR count). The molecule has 6 heteroatoms. The van der Waals surface area contributed by atoms with E-state index in [4.69, 9.17) is 16.0 Å². The number of benzene rings is 1. The molecule has 0 saturated heterocycles. The van der Waals surface area contributed by atoms with Crippen molar-refractivity contribution in [1.82, 2.24) is 15.2 Å². The molecule has 0 radical (unpaired) electrons. The number of hydrogen-bond acceptors (Lipinski definition) is 4. The quantitative estimate of drug-likeness (QED) is 0.671. The van der Waals surface area contributed by atoms with Crippen LogP contribution in [0, 0.1) is 5.82 Å². The third kappa shape index (κ3) is 2.08. The summed E-state index contributed by atoms with van der Waals surface area (Å²) in [5, 5.41) is 7.58. The Morgan fingerprint density at radius 1 is 1.11 bits per heavy atom. The molecular formula is C13H7ClFN3O. The molecule has 0 amide bonds. The van der Waals surface area contributed by atoms with Crippen LogP contribution in [0.2, 0.25) is 5.15 Å². The molecular weight excluding hydrogens is 269 g/mol. The highest BCUT2D eigenvalue weighted by Gasteiger charge is 2.18. The number of nitrogens with zero attached hydrogens (tertiary/aromatic N) is 3. The molecule has 0 spiro atoms. The summed E-state index contributed by atoms with van der Waals surface area (Å²) in [5.74, 6) is -0.151. The van der Waals surface area contributed by atoms with Crippen molar-refractivity contribution in [3.05, 3.63) is 53.9 Å². The molecule has 2 aromatic heterocycles. The van der Waals surface area contributed by atoms with Gasteiger partial charge in [0, 0.05) is 17.3 Å². The first-order valence-electron chi connectivity index (χ1n) is 5.43. The van der Waals surface area contributed by atoms with Crippen LogP contribution in [-0.4, -0.2) is 15.2 Å². The summed E-state index contributed by atoms with van der Waals surface area (Å²) in [6.45, 7) is 0. The van der Waals surface area contributed by atoms with Gasteiger partial charge in [-0.25, -0.2) is 9.37 Å². The van der Waals surface area contributed by atoms with E-state index in [0.29, 0.717) is 16.7 Å². The van der Waals surface area contributed by atoms with Gasteiger partial charge in [-0.05, 0) is 12.1 Å². The van der Waals surface area contributed by atoms with Gasteiger partial charge in [0.15, 0.2) is 0 Å². The average molecular weight is 276 g/mol. The molecule has 2 heterocycles. The fourth-order valence-electron chi connectivity index (χ4n) is 1.83. The molecule has 0 saturated carbocycles. The lowest BCUT2D eigenvalue weighted by Crippen LogP contribution is -1.91. The zero-order valence-corrected chi connectivity index (χ0v) is 10.3. The van der Waals surface area contributed by atoms with Crippen LogP contribution in [0.1, 0.15) is 0 Å². The van der Waals surface area contributed by atoms with Crippen molar-refractivity contribution < 1.29 is 8.81 Å². The van der Waals surface area contributed by atoms with E-state index in [0.717, 1.165) is 0 Å². The largest absolute Gasteiger partial charge is 0.423 e. The topological polar surface area (TPSA) is 51.8 Å². The molecule has 19 heavy (non-hydrogen) atoms. The second kappa shape index (κ2) is 4.78. The van der Waals surface area contributed by atoms with Crippen molar-refractivity contribution in [1.29, 1.82) is 0 Å². The highest BCUT2D eigenvalue weighted by Crippen LogP contribution is 2.36. The monoisotopic (exact) mass is 275 g/mol. The summed E-state index contributed by atoms with van der Waals surface area (Å²) in [6.07, 6.45) is 2.69. The second-order valence-electron chi connectivity index (χ2n) is 3.75. The average Bonchev–Trinajstić information content (AvgIpc) is 2.92. The first-order chi connectivity index (χ1) is 9.27.